The summed E-state index contributed by atoms with van der Waals surface area (Å²) in [5.74, 6) is 0.0443. The molecule has 0 spiro atoms. The predicted octanol–water partition coefficient (Wildman–Crippen LogP) is 3.13. The molecule has 0 fully saturated rings. The first-order chi connectivity index (χ1) is 9.35. The summed E-state index contributed by atoms with van der Waals surface area (Å²) < 4.78 is 5.14. The average Bonchev–Trinajstić information content (AvgIpc) is 2.79. The number of carbonyl (C=O) groups is 1. The highest BCUT2D eigenvalue weighted by Crippen LogP contribution is 2.30. The van der Waals surface area contributed by atoms with Gasteiger partial charge in [-0.3, -0.25) is 5.32 Å². The molecule has 106 valence electrons. The van der Waals surface area contributed by atoms with Crippen molar-refractivity contribution in [2.45, 2.75) is 26.4 Å². The number of carbonyl (C=O) groups excluding carboxylic acids is 1. The molecule has 6 nitrogen and oxygen atoms in total. The Hall–Kier alpha value is -2.50. The summed E-state index contributed by atoms with van der Waals surface area (Å²) in [4.78, 5) is 18.4. The number of phenolic OH excluding ortho intramolecular Hbond substituents is 1. The first kappa shape index (κ1) is 13.9. The van der Waals surface area contributed by atoms with Crippen LogP contribution in [0.4, 0.5) is 10.5 Å². The molecule has 2 aromatic rings. The van der Waals surface area contributed by atoms with E-state index in [0.717, 1.165) is 0 Å². The third-order valence-corrected chi connectivity index (χ3v) is 2.43. The number of aromatic amines is 1. The Labute approximate surface area is 116 Å². The molecule has 0 radical (unpaired) electrons. The van der Waals surface area contributed by atoms with Crippen LogP contribution in [0.3, 0.4) is 0 Å². The molecule has 1 heterocycles. The van der Waals surface area contributed by atoms with Crippen molar-refractivity contribution in [1.29, 1.82) is 0 Å². The van der Waals surface area contributed by atoms with Gasteiger partial charge in [-0.05, 0) is 32.9 Å². The summed E-state index contributed by atoms with van der Waals surface area (Å²) in [6, 6.07) is 4.83. The molecule has 6 heteroatoms. The van der Waals surface area contributed by atoms with E-state index in [2.05, 4.69) is 15.3 Å². The maximum atomic E-state index is 11.6. The van der Waals surface area contributed by atoms with Crippen molar-refractivity contribution in [2.75, 3.05) is 5.32 Å². The van der Waals surface area contributed by atoms with E-state index in [1.54, 1.807) is 39.1 Å². The maximum Gasteiger partial charge on any atom is 0.412 e. The van der Waals surface area contributed by atoms with Crippen LogP contribution in [0.15, 0.2) is 30.7 Å². The van der Waals surface area contributed by atoms with Gasteiger partial charge < -0.3 is 14.8 Å². The fourth-order valence-electron chi connectivity index (χ4n) is 1.66. The minimum Gasteiger partial charge on any atom is -0.507 e. The van der Waals surface area contributed by atoms with Crippen molar-refractivity contribution >= 4 is 11.8 Å². The number of nitrogens with zero attached hydrogens (tertiary/aromatic N) is 1. The maximum absolute atomic E-state index is 11.6. The Morgan fingerprint density at radius 2 is 2.15 bits per heavy atom. The van der Waals surface area contributed by atoms with Crippen molar-refractivity contribution in [1.82, 2.24) is 9.97 Å². The van der Waals surface area contributed by atoms with Crippen LogP contribution in [-0.2, 0) is 4.74 Å². The first-order valence-corrected chi connectivity index (χ1v) is 6.17. The number of phenols is 1. The number of rotatable bonds is 2. The predicted molar refractivity (Wildman–Crippen MR) is 75.5 cm³/mol. The van der Waals surface area contributed by atoms with Crippen molar-refractivity contribution in [3.63, 3.8) is 0 Å². The molecule has 0 atom stereocenters. The van der Waals surface area contributed by atoms with Crippen molar-refractivity contribution < 1.29 is 14.6 Å². The van der Waals surface area contributed by atoms with Crippen LogP contribution >= 0.6 is 0 Å². The lowest BCUT2D eigenvalue weighted by Crippen LogP contribution is -2.27. The van der Waals surface area contributed by atoms with E-state index in [1.807, 2.05) is 0 Å². The Morgan fingerprint density at radius 1 is 1.40 bits per heavy atom. The van der Waals surface area contributed by atoms with E-state index >= 15 is 0 Å². The minimum absolute atomic E-state index is 0.0443. The number of benzene rings is 1. The van der Waals surface area contributed by atoms with Crippen molar-refractivity contribution in [3.8, 4) is 17.0 Å². The van der Waals surface area contributed by atoms with Gasteiger partial charge in [0.15, 0.2) is 0 Å². The summed E-state index contributed by atoms with van der Waals surface area (Å²) in [6.45, 7) is 5.35. The zero-order valence-electron chi connectivity index (χ0n) is 11.6. The van der Waals surface area contributed by atoms with Gasteiger partial charge >= 0.3 is 6.09 Å². The van der Waals surface area contributed by atoms with Gasteiger partial charge in [-0.1, -0.05) is 0 Å². The number of anilines is 1. The van der Waals surface area contributed by atoms with Crippen LogP contribution in [-0.4, -0.2) is 26.8 Å². The molecule has 1 amide bonds. The summed E-state index contributed by atoms with van der Waals surface area (Å²) in [5.41, 5.74) is 1.20. The minimum atomic E-state index is -0.567. The normalized spacial score (nSPS) is 11.2. The standard InChI is InChI=1S/C14H17N3O3/c1-14(2,3)20-13(19)17-9-4-5-10(12(18)6-9)11-7-15-8-16-11/h4-8,18H,1-3H3,(H,15,16)(H,17,19). The average molecular weight is 275 g/mol. The van der Waals surface area contributed by atoms with Crippen LogP contribution in [0, 0.1) is 0 Å². The van der Waals surface area contributed by atoms with Crippen LogP contribution in [0.1, 0.15) is 20.8 Å². The highest BCUT2D eigenvalue weighted by molar-refractivity contribution is 5.86. The van der Waals surface area contributed by atoms with E-state index in [-0.39, 0.29) is 5.75 Å². The molecule has 3 N–H and O–H groups in total. The van der Waals surface area contributed by atoms with Gasteiger partial charge in [-0.25, -0.2) is 9.78 Å². The van der Waals surface area contributed by atoms with Crippen molar-refractivity contribution in [3.05, 3.63) is 30.7 Å². The first-order valence-electron chi connectivity index (χ1n) is 6.17. The quantitative estimate of drug-likeness (QED) is 0.785. The Bertz CT molecular complexity index is 601. The zero-order valence-corrected chi connectivity index (χ0v) is 11.6. The summed E-state index contributed by atoms with van der Waals surface area (Å²) >= 11 is 0. The largest absolute Gasteiger partial charge is 0.507 e. The lowest BCUT2D eigenvalue weighted by atomic mass is 10.1. The lowest BCUT2D eigenvalue weighted by Gasteiger charge is -2.19. The van der Waals surface area contributed by atoms with Gasteiger partial charge in [0.25, 0.3) is 0 Å². The molecule has 0 bridgehead atoms. The second-order valence-electron chi connectivity index (χ2n) is 5.32. The molecular formula is C14H17N3O3. The molecule has 0 aliphatic heterocycles. The summed E-state index contributed by atoms with van der Waals surface area (Å²) in [5, 5.41) is 12.5. The molecule has 0 aliphatic carbocycles. The number of aromatic hydroxyl groups is 1. The second kappa shape index (κ2) is 5.24. The second-order valence-corrected chi connectivity index (χ2v) is 5.32. The van der Waals surface area contributed by atoms with E-state index in [9.17, 15) is 9.90 Å². The Morgan fingerprint density at radius 3 is 2.70 bits per heavy atom. The molecule has 0 saturated carbocycles. The number of imidazole rings is 1. The van der Waals surface area contributed by atoms with Crippen LogP contribution < -0.4 is 5.32 Å². The van der Waals surface area contributed by atoms with Gasteiger partial charge in [0.05, 0.1) is 18.2 Å². The van der Waals surface area contributed by atoms with Crippen molar-refractivity contribution in [2.24, 2.45) is 0 Å². The third-order valence-electron chi connectivity index (χ3n) is 2.43. The molecule has 1 aromatic carbocycles. The molecule has 0 aliphatic rings. The van der Waals surface area contributed by atoms with Gasteiger partial charge in [-0.15, -0.1) is 0 Å². The summed E-state index contributed by atoms with van der Waals surface area (Å²) in [6.07, 6.45) is 2.57. The monoisotopic (exact) mass is 275 g/mol. The SMILES string of the molecule is CC(C)(C)OC(=O)Nc1ccc(-c2cnc[nH]2)c(O)c1. The Kier molecular flexibility index (Phi) is 3.65. The number of H-pyrrole nitrogens is 1. The molecule has 0 unspecified atom stereocenters. The fourth-order valence-corrected chi connectivity index (χ4v) is 1.66. The van der Waals surface area contributed by atoms with Crippen LogP contribution in [0.2, 0.25) is 0 Å². The number of ether oxygens (including phenoxy) is 1. The zero-order chi connectivity index (χ0) is 14.8. The Balaban J connectivity index is 2.12. The highest BCUT2D eigenvalue weighted by atomic mass is 16.6. The van der Waals surface area contributed by atoms with E-state index < -0.39 is 11.7 Å². The van der Waals surface area contributed by atoms with Gasteiger partial charge in [0, 0.05) is 17.3 Å². The molecule has 0 saturated heterocycles. The number of amides is 1. The number of hydrogen-bond donors (Lipinski definition) is 3. The molecule has 20 heavy (non-hydrogen) atoms. The van der Waals surface area contributed by atoms with Gasteiger partial charge in [0.1, 0.15) is 11.4 Å². The number of hydrogen-bond acceptors (Lipinski definition) is 4. The van der Waals surface area contributed by atoms with E-state index in [0.29, 0.717) is 16.9 Å². The van der Waals surface area contributed by atoms with Gasteiger partial charge in [0.2, 0.25) is 0 Å². The van der Waals surface area contributed by atoms with Crippen LogP contribution in [0.25, 0.3) is 11.3 Å². The number of aromatic nitrogens is 2. The molecule has 1 aromatic heterocycles. The smallest absolute Gasteiger partial charge is 0.412 e. The highest BCUT2D eigenvalue weighted by Gasteiger charge is 2.16. The molecule has 2 rings (SSSR count). The van der Waals surface area contributed by atoms with Gasteiger partial charge in [-0.2, -0.15) is 0 Å². The number of nitrogens with one attached hydrogen (secondary N) is 2. The molecular weight excluding hydrogens is 258 g/mol. The topological polar surface area (TPSA) is 87.2 Å². The third kappa shape index (κ3) is 3.50. The van der Waals surface area contributed by atoms with E-state index in [4.69, 9.17) is 4.74 Å². The van der Waals surface area contributed by atoms with Crippen LogP contribution in [0.5, 0.6) is 5.75 Å². The fraction of sp³-hybridized carbons (Fsp3) is 0.286. The van der Waals surface area contributed by atoms with E-state index in [1.165, 1.54) is 12.4 Å². The summed E-state index contributed by atoms with van der Waals surface area (Å²) in [7, 11) is 0. The lowest BCUT2D eigenvalue weighted by molar-refractivity contribution is 0.0636.